The van der Waals surface area contributed by atoms with Crippen LogP contribution < -0.4 is 4.74 Å². The molecule has 3 aromatic rings. The first-order chi connectivity index (χ1) is 11.7. The van der Waals surface area contributed by atoms with Crippen LogP contribution in [0.3, 0.4) is 0 Å². The smallest absolute Gasteiger partial charge is 0.145 e. The summed E-state index contributed by atoms with van der Waals surface area (Å²) >= 11 is 0. The summed E-state index contributed by atoms with van der Waals surface area (Å²) in [5.74, 6) is 1.36. The largest absolute Gasteiger partial charge is 0.494 e. The molecule has 0 spiro atoms. The Bertz CT molecular complexity index is 869. The number of aromatic nitrogens is 4. The van der Waals surface area contributed by atoms with Gasteiger partial charge in [-0.3, -0.25) is 4.68 Å². The standard InChI is InChI=1S/C17H19FN4O2/c1-24-16-4-12(13-5-19-21(7-13)9-14(18)10-23)8-22-17(16)15(6-20-22)11-2-3-11/h4-8,11,14,23H,2-3,9-10H2,1H3. The molecule has 0 aliphatic heterocycles. The lowest BCUT2D eigenvalue weighted by molar-refractivity contribution is 0.158. The van der Waals surface area contributed by atoms with Crippen LogP contribution in [0.4, 0.5) is 4.39 Å². The second kappa shape index (κ2) is 5.90. The van der Waals surface area contributed by atoms with Gasteiger partial charge in [0.05, 0.1) is 32.7 Å². The summed E-state index contributed by atoms with van der Waals surface area (Å²) in [7, 11) is 1.65. The zero-order chi connectivity index (χ0) is 16.7. The number of ether oxygens (including phenoxy) is 1. The molecule has 1 atom stereocenters. The first kappa shape index (κ1) is 15.1. The van der Waals surface area contributed by atoms with Crippen molar-refractivity contribution in [2.45, 2.75) is 31.5 Å². The van der Waals surface area contributed by atoms with Gasteiger partial charge in [-0.05, 0) is 24.8 Å². The lowest BCUT2D eigenvalue weighted by Gasteiger charge is -2.08. The summed E-state index contributed by atoms with van der Waals surface area (Å²) in [6.45, 7) is -0.477. The third-order valence-corrected chi connectivity index (χ3v) is 4.39. The molecule has 0 radical (unpaired) electrons. The van der Waals surface area contributed by atoms with Crippen LogP contribution in [0.15, 0.2) is 30.9 Å². The number of fused-ring (bicyclic) bond motifs is 1. The first-order valence-corrected chi connectivity index (χ1v) is 8.02. The zero-order valence-electron chi connectivity index (χ0n) is 13.4. The van der Waals surface area contributed by atoms with Crippen LogP contribution in [0.1, 0.15) is 24.3 Å². The summed E-state index contributed by atoms with van der Waals surface area (Å²) in [4.78, 5) is 0. The van der Waals surface area contributed by atoms with Gasteiger partial charge in [-0.1, -0.05) is 0 Å². The minimum Gasteiger partial charge on any atom is -0.494 e. The number of hydrogen-bond donors (Lipinski definition) is 1. The number of hydrogen-bond acceptors (Lipinski definition) is 4. The van der Waals surface area contributed by atoms with Gasteiger partial charge in [-0.15, -0.1) is 0 Å². The average molecular weight is 330 g/mol. The van der Waals surface area contributed by atoms with Crippen LogP contribution in [0.25, 0.3) is 16.6 Å². The SMILES string of the molecule is COc1cc(-c2cnn(CC(F)CO)c2)cn2ncc(C3CC3)c12. The van der Waals surface area contributed by atoms with Crippen molar-refractivity contribution in [1.82, 2.24) is 19.4 Å². The molecule has 6 nitrogen and oxygen atoms in total. The Morgan fingerprint density at radius 2 is 2.12 bits per heavy atom. The van der Waals surface area contributed by atoms with Gasteiger partial charge >= 0.3 is 0 Å². The fourth-order valence-corrected chi connectivity index (χ4v) is 2.99. The molecule has 7 heteroatoms. The number of halogens is 1. The molecule has 1 unspecified atom stereocenters. The summed E-state index contributed by atoms with van der Waals surface area (Å²) in [5.41, 5.74) is 4.00. The molecule has 1 fully saturated rings. The summed E-state index contributed by atoms with van der Waals surface area (Å²) < 4.78 is 22.2. The quantitative estimate of drug-likeness (QED) is 0.754. The summed E-state index contributed by atoms with van der Waals surface area (Å²) in [5, 5.41) is 17.4. The highest BCUT2D eigenvalue weighted by Crippen LogP contribution is 2.44. The van der Waals surface area contributed by atoms with Gasteiger partial charge in [0.25, 0.3) is 0 Å². The van der Waals surface area contributed by atoms with Crippen molar-refractivity contribution >= 4 is 5.52 Å². The van der Waals surface area contributed by atoms with Gasteiger partial charge in [-0.25, -0.2) is 8.91 Å². The maximum absolute atomic E-state index is 13.3. The van der Waals surface area contributed by atoms with E-state index in [1.165, 1.54) is 23.1 Å². The molecule has 3 aromatic heterocycles. The van der Waals surface area contributed by atoms with Crippen molar-refractivity contribution in [3.8, 4) is 16.9 Å². The highest BCUT2D eigenvalue weighted by molar-refractivity contribution is 5.73. The van der Waals surface area contributed by atoms with Gasteiger partial charge in [0.1, 0.15) is 17.4 Å². The van der Waals surface area contributed by atoms with Crippen LogP contribution in [-0.2, 0) is 6.54 Å². The lowest BCUT2D eigenvalue weighted by Crippen LogP contribution is -2.15. The van der Waals surface area contributed by atoms with E-state index < -0.39 is 12.8 Å². The molecule has 0 amide bonds. The highest BCUT2D eigenvalue weighted by Gasteiger charge is 2.28. The van der Waals surface area contributed by atoms with Crippen LogP contribution in [0.5, 0.6) is 5.75 Å². The molecule has 0 aromatic carbocycles. The molecule has 24 heavy (non-hydrogen) atoms. The fraction of sp³-hybridized carbons (Fsp3) is 0.412. The van der Waals surface area contributed by atoms with E-state index in [9.17, 15) is 4.39 Å². The predicted molar refractivity (Wildman–Crippen MR) is 86.9 cm³/mol. The molecule has 4 rings (SSSR count). The molecule has 0 bridgehead atoms. The number of rotatable bonds is 6. The molecular weight excluding hydrogens is 311 g/mol. The van der Waals surface area contributed by atoms with E-state index in [2.05, 4.69) is 10.2 Å². The molecule has 126 valence electrons. The van der Waals surface area contributed by atoms with Crippen LogP contribution in [-0.4, -0.2) is 44.4 Å². The topological polar surface area (TPSA) is 64.6 Å². The summed E-state index contributed by atoms with van der Waals surface area (Å²) in [6.07, 6.45) is 8.37. The predicted octanol–water partition coefficient (Wildman–Crippen LogP) is 2.41. The molecular formula is C17H19FN4O2. The second-order valence-electron chi connectivity index (χ2n) is 6.20. The lowest BCUT2D eigenvalue weighted by atomic mass is 10.1. The van der Waals surface area contributed by atoms with Gasteiger partial charge < -0.3 is 9.84 Å². The Labute approximate surface area is 138 Å². The maximum Gasteiger partial charge on any atom is 0.145 e. The monoisotopic (exact) mass is 330 g/mol. The van der Waals surface area contributed by atoms with Crippen molar-refractivity contribution in [2.75, 3.05) is 13.7 Å². The highest BCUT2D eigenvalue weighted by atomic mass is 19.1. The fourth-order valence-electron chi connectivity index (χ4n) is 2.99. The Hall–Kier alpha value is -2.41. The number of alkyl halides is 1. The van der Waals surface area contributed by atoms with Gasteiger partial charge in [-0.2, -0.15) is 10.2 Å². The van der Waals surface area contributed by atoms with Crippen molar-refractivity contribution in [2.24, 2.45) is 0 Å². The number of aliphatic hydroxyl groups is 1. The molecule has 0 saturated heterocycles. The van der Waals surface area contributed by atoms with E-state index in [1.807, 2.05) is 23.0 Å². The molecule has 1 aliphatic rings. The van der Waals surface area contributed by atoms with E-state index in [4.69, 9.17) is 9.84 Å². The molecule has 1 N–H and O–H groups in total. The molecule has 1 saturated carbocycles. The van der Waals surface area contributed by atoms with E-state index >= 15 is 0 Å². The third-order valence-electron chi connectivity index (χ3n) is 4.39. The Morgan fingerprint density at radius 3 is 2.83 bits per heavy atom. The normalized spacial score (nSPS) is 15.8. The summed E-state index contributed by atoms with van der Waals surface area (Å²) in [6, 6.07) is 1.96. The van der Waals surface area contributed by atoms with E-state index in [-0.39, 0.29) is 6.54 Å². The Kier molecular flexibility index (Phi) is 3.72. The van der Waals surface area contributed by atoms with E-state index in [0.29, 0.717) is 5.92 Å². The Morgan fingerprint density at radius 1 is 1.29 bits per heavy atom. The van der Waals surface area contributed by atoms with Gasteiger partial charge in [0, 0.05) is 29.1 Å². The van der Waals surface area contributed by atoms with Crippen LogP contribution >= 0.6 is 0 Å². The second-order valence-corrected chi connectivity index (χ2v) is 6.20. The minimum atomic E-state index is -1.32. The van der Waals surface area contributed by atoms with Crippen molar-refractivity contribution in [1.29, 1.82) is 0 Å². The van der Waals surface area contributed by atoms with E-state index in [1.54, 1.807) is 19.5 Å². The Balaban J connectivity index is 1.72. The maximum atomic E-state index is 13.3. The molecule has 3 heterocycles. The van der Waals surface area contributed by atoms with Crippen molar-refractivity contribution < 1.29 is 14.2 Å². The van der Waals surface area contributed by atoms with Crippen LogP contribution in [0, 0.1) is 0 Å². The molecule has 1 aliphatic carbocycles. The average Bonchev–Trinajstić information content (AvgIpc) is 3.18. The van der Waals surface area contributed by atoms with Gasteiger partial charge in [0.2, 0.25) is 0 Å². The van der Waals surface area contributed by atoms with Crippen molar-refractivity contribution in [3.05, 3.63) is 36.4 Å². The minimum absolute atomic E-state index is 0.0312. The van der Waals surface area contributed by atoms with Crippen molar-refractivity contribution in [3.63, 3.8) is 0 Å². The number of nitrogens with zero attached hydrogens (tertiary/aromatic N) is 4. The van der Waals surface area contributed by atoms with Crippen LogP contribution in [0.2, 0.25) is 0 Å². The zero-order valence-corrected chi connectivity index (χ0v) is 13.4. The van der Waals surface area contributed by atoms with Gasteiger partial charge in [0.15, 0.2) is 0 Å². The number of methoxy groups -OCH3 is 1. The third kappa shape index (κ3) is 2.65. The number of pyridine rings is 1. The number of aliphatic hydroxyl groups excluding tert-OH is 1. The van der Waals surface area contributed by atoms with E-state index in [0.717, 1.165) is 22.4 Å². The first-order valence-electron chi connectivity index (χ1n) is 8.02.